The molecule has 1 heterocycles. The molecule has 0 amide bonds. The van der Waals surface area contributed by atoms with E-state index in [2.05, 4.69) is 31.6 Å². The van der Waals surface area contributed by atoms with E-state index in [4.69, 9.17) is 0 Å². The molecular formula is C12H14BrFN4. The molecule has 0 bridgehead atoms. The second kappa shape index (κ2) is 5.16. The quantitative estimate of drug-likeness (QED) is 0.946. The van der Waals surface area contributed by atoms with Crippen LogP contribution in [0.1, 0.15) is 22.9 Å². The number of halogens is 2. The van der Waals surface area contributed by atoms with E-state index in [9.17, 15) is 4.39 Å². The van der Waals surface area contributed by atoms with E-state index in [0.29, 0.717) is 10.2 Å². The molecule has 18 heavy (non-hydrogen) atoms. The fourth-order valence-electron chi connectivity index (χ4n) is 1.95. The molecule has 0 radical (unpaired) electrons. The molecule has 2 rings (SSSR count). The number of aromatic nitrogens is 3. The Morgan fingerprint density at radius 2 is 2.17 bits per heavy atom. The van der Waals surface area contributed by atoms with Crippen LogP contribution in [0.2, 0.25) is 0 Å². The number of benzene rings is 1. The van der Waals surface area contributed by atoms with Crippen molar-refractivity contribution in [2.75, 3.05) is 7.05 Å². The van der Waals surface area contributed by atoms with Gasteiger partial charge in [-0.3, -0.25) is 0 Å². The molecular weight excluding hydrogens is 299 g/mol. The first-order valence-electron chi connectivity index (χ1n) is 5.53. The summed E-state index contributed by atoms with van der Waals surface area (Å²) in [7, 11) is 3.56. The van der Waals surface area contributed by atoms with Crippen LogP contribution in [-0.4, -0.2) is 22.0 Å². The van der Waals surface area contributed by atoms with Crippen LogP contribution >= 0.6 is 15.9 Å². The Bertz CT molecular complexity index is 548. The van der Waals surface area contributed by atoms with Gasteiger partial charge in [-0.2, -0.15) is 0 Å². The van der Waals surface area contributed by atoms with Crippen molar-refractivity contribution in [1.82, 2.24) is 20.3 Å². The van der Waals surface area contributed by atoms with E-state index in [1.807, 2.05) is 13.0 Å². The van der Waals surface area contributed by atoms with Gasteiger partial charge in [0.2, 0.25) is 0 Å². The van der Waals surface area contributed by atoms with Crippen molar-refractivity contribution in [2.45, 2.75) is 13.0 Å². The highest BCUT2D eigenvalue weighted by Crippen LogP contribution is 2.28. The third-order valence-electron chi connectivity index (χ3n) is 2.86. The second-order valence-electron chi connectivity index (χ2n) is 4.14. The Morgan fingerprint density at radius 1 is 1.44 bits per heavy atom. The van der Waals surface area contributed by atoms with Crippen molar-refractivity contribution in [3.63, 3.8) is 0 Å². The first-order chi connectivity index (χ1) is 8.54. The molecule has 2 aromatic rings. The van der Waals surface area contributed by atoms with E-state index >= 15 is 0 Å². The van der Waals surface area contributed by atoms with Gasteiger partial charge in [0.05, 0.1) is 11.7 Å². The van der Waals surface area contributed by atoms with Gasteiger partial charge >= 0.3 is 0 Å². The average Bonchev–Trinajstić information content (AvgIpc) is 2.64. The third kappa shape index (κ3) is 2.30. The predicted molar refractivity (Wildman–Crippen MR) is 70.7 cm³/mol. The number of hydrogen-bond acceptors (Lipinski definition) is 3. The van der Waals surface area contributed by atoms with Gasteiger partial charge in [-0.15, -0.1) is 5.10 Å². The van der Waals surface area contributed by atoms with E-state index in [1.54, 1.807) is 24.8 Å². The minimum absolute atomic E-state index is 0.234. The Balaban J connectivity index is 2.52. The normalized spacial score (nSPS) is 12.7. The highest BCUT2D eigenvalue weighted by Gasteiger charge is 2.23. The largest absolute Gasteiger partial charge is 0.308 e. The molecule has 0 saturated carbocycles. The van der Waals surface area contributed by atoms with Crippen LogP contribution < -0.4 is 5.32 Å². The lowest BCUT2D eigenvalue weighted by Crippen LogP contribution is -2.22. The third-order valence-corrected chi connectivity index (χ3v) is 3.42. The van der Waals surface area contributed by atoms with Crippen LogP contribution in [0.4, 0.5) is 4.39 Å². The zero-order valence-corrected chi connectivity index (χ0v) is 12.0. The minimum Gasteiger partial charge on any atom is -0.308 e. The minimum atomic E-state index is -0.292. The van der Waals surface area contributed by atoms with Gasteiger partial charge in [0.1, 0.15) is 5.82 Å². The summed E-state index contributed by atoms with van der Waals surface area (Å²) in [6.45, 7) is 1.86. The van der Waals surface area contributed by atoms with E-state index in [1.165, 1.54) is 6.07 Å². The van der Waals surface area contributed by atoms with Gasteiger partial charge in [0.25, 0.3) is 0 Å². The monoisotopic (exact) mass is 312 g/mol. The summed E-state index contributed by atoms with van der Waals surface area (Å²) in [5.41, 5.74) is 2.27. The maximum absolute atomic E-state index is 14.0. The molecule has 96 valence electrons. The van der Waals surface area contributed by atoms with Gasteiger partial charge in [-0.25, -0.2) is 9.07 Å². The van der Waals surface area contributed by atoms with Gasteiger partial charge in [-0.1, -0.05) is 17.3 Å². The van der Waals surface area contributed by atoms with Crippen molar-refractivity contribution >= 4 is 15.9 Å². The van der Waals surface area contributed by atoms with Crippen molar-refractivity contribution in [1.29, 1.82) is 0 Å². The van der Waals surface area contributed by atoms with Crippen LogP contribution in [0.3, 0.4) is 0 Å². The summed E-state index contributed by atoms with van der Waals surface area (Å²) in [6.07, 6.45) is 0. The highest BCUT2D eigenvalue weighted by molar-refractivity contribution is 9.10. The molecule has 0 aliphatic heterocycles. The number of hydrogen-bond donors (Lipinski definition) is 1. The number of nitrogens with zero attached hydrogens (tertiary/aromatic N) is 3. The smallest absolute Gasteiger partial charge is 0.153 e. The van der Waals surface area contributed by atoms with Gasteiger partial charge in [0.15, 0.2) is 4.60 Å². The van der Waals surface area contributed by atoms with E-state index < -0.39 is 0 Å². The lowest BCUT2D eigenvalue weighted by Gasteiger charge is -2.18. The van der Waals surface area contributed by atoms with Crippen molar-refractivity contribution < 1.29 is 4.39 Å². The average molecular weight is 313 g/mol. The van der Waals surface area contributed by atoms with Crippen LogP contribution in [0.5, 0.6) is 0 Å². The molecule has 0 aliphatic carbocycles. The molecule has 1 unspecified atom stereocenters. The molecule has 1 aromatic heterocycles. The molecule has 1 N–H and O–H groups in total. The Kier molecular flexibility index (Phi) is 3.77. The number of aryl methyl sites for hydroxylation is 2. The van der Waals surface area contributed by atoms with Crippen LogP contribution in [-0.2, 0) is 7.05 Å². The van der Waals surface area contributed by atoms with Crippen molar-refractivity contribution in [2.24, 2.45) is 7.05 Å². The highest BCUT2D eigenvalue weighted by atomic mass is 79.9. The van der Waals surface area contributed by atoms with E-state index in [0.717, 1.165) is 11.3 Å². The van der Waals surface area contributed by atoms with Crippen LogP contribution in [0.15, 0.2) is 22.8 Å². The molecule has 0 aliphatic rings. The summed E-state index contributed by atoms with van der Waals surface area (Å²) in [4.78, 5) is 0. The van der Waals surface area contributed by atoms with Crippen LogP contribution in [0.25, 0.3) is 0 Å². The molecule has 4 nitrogen and oxygen atoms in total. The summed E-state index contributed by atoms with van der Waals surface area (Å²) < 4.78 is 16.3. The molecule has 1 aromatic carbocycles. The van der Waals surface area contributed by atoms with E-state index in [-0.39, 0.29) is 11.9 Å². The van der Waals surface area contributed by atoms with Crippen molar-refractivity contribution in [3.05, 3.63) is 45.4 Å². The molecule has 0 spiro atoms. The summed E-state index contributed by atoms with van der Waals surface area (Å²) in [6, 6.07) is 4.91. The Morgan fingerprint density at radius 3 is 2.67 bits per heavy atom. The first kappa shape index (κ1) is 13.2. The maximum atomic E-state index is 14.0. The Hall–Kier alpha value is -1.27. The number of nitrogens with one attached hydrogen (secondary N) is 1. The summed E-state index contributed by atoms with van der Waals surface area (Å²) in [5.74, 6) is -0.234. The molecule has 0 saturated heterocycles. The first-order valence-corrected chi connectivity index (χ1v) is 6.32. The zero-order valence-electron chi connectivity index (χ0n) is 10.4. The second-order valence-corrected chi connectivity index (χ2v) is 4.89. The molecule has 0 fully saturated rings. The topological polar surface area (TPSA) is 42.7 Å². The lowest BCUT2D eigenvalue weighted by molar-refractivity contribution is 0.548. The molecule has 1 atom stereocenters. The van der Waals surface area contributed by atoms with Crippen LogP contribution in [0, 0.1) is 12.7 Å². The SMILES string of the molecule is CNC(c1ccc(C)cc1F)c1c(Br)nnn1C. The fourth-order valence-corrected chi connectivity index (χ4v) is 2.51. The zero-order chi connectivity index (χ0) is 13.3. The van der Waals surface area contributed by atoms with Gasteiger partial charge in [0, 0.05) is 12.6 Å². The summed E-state index contributed by atoms with van der Waals surface area (Å²) in [5, 5.41) is 10.9. The summed E-state index contributed by atoms with van der Waals surface area (Å²) >= 11 is 3.34. The fraction of sp³-hybridized carbons (Fsp3) is 0.333. The van der Waals surface area contributed by atoms with Gasteiger partial charge in [-0.05, 0) is 41.5 Å². The Labute approximate surface area is 113 Å². The maximum Gasteiger partial charge on any atom is 0.153 e. The standard InChI is InChI=1S/C12H14BrFN4/c1-7-4-5-8(9(14)6-7)10(15-2)11-12(13)16-17-18(11)3/h4-6,10,15H,1-3H3. The number of rotatable bonds is 3. The van der Waals surface area contributed by atoms with Gasteiger partial charge < -0.3 is 5.32 Å². The molecule has 6 heteroatoms. The lowest BCUT2D eigenvalue weighted by atomic mass is 10.0. The predicted octanol–water partition coefficient (Wildman–Crippen LogP) is 2.33. The van der Waals surface area contributed by atoms with Crippen molar-refractivity contribution in [3.8, 4) is 0 Å².